The van der Waals surface area contributed by atoms with Gasteiger partial charge in [-0.25, -0.2) is 4.79 Å². The Morgan fingerprint density at radius 1 is 1.17 bits per heavy atom. The molecule has 0 spiro atoms. The zero-order valence-corrected chi connectivity index (χ0v) is 13.5. The second-order valence-corrected chi connectivity index (χ2v) is 5.63. The summed E-state index contributed by atoms with van der Waals surface area (Å²) in [5.41, 5.74) is 6.07. The highest BCUT2D eigenvalue weighted by atomic mass is 35.5. The average Bonchev–Trinajstić information content (AvgIpc) is 2.52. The summed E-state index contributed by atoms with van der Waals surface area (Å²) in [5.74, 6) is -0.981. The van der Waals surface area contributed by atoms with Gasteiger partial charge in [0.25, 0.3) is 5.91 Å². The molecule has 0 unspecified atom stereocenters. The van der Waals surface area contributed by atoms with Crippen molar-refractivity contribution in [3.63, 3.8) is 0 Å². The van der Waals surface area contributed by atoms with Crippen molar-refractivity contribution in [2.24, 2.45) is 0 Å². The number of ether oxygens (including phenoxy) is 1. The van der Waals surface area contributed by atoms with Gasteiger partial charge in [-0.15, -0.1) is 0 Å². The molecular weight excluding hydrogens is 322 g/mol. The third kappa shape index (κ3) is 4.35. The molecule has 1 aromatic carbocycles. The Labute approximate surface area is 138 Å². The Bertz CT molecular complexity index is 627. The molecule has 7 nitrogen and oxygen atoms in total. The van der Waals surface area contributed by atoms with Crippen LogP contribution in [0.4, 0.5) is 5.69 Å². The minimum absolute atomic E-state index is 0.0123. The van der Waals surface area contributed by atoms with Crippen LogP contribution in [0.15, 0.2) is 18.2 Å². The largest absolute Gasteiger partial charge is 0.452 e. The highest BCUT2D eigenvalue weighted by Gasteiger charge is 2.23. The van der Waals surface area contributed by atoms with E-state index >= 15 is 0 Å². The molecule has 1 fully saturated rings. The predicted molar refractivity (Wildman–Crippen MR) is 85.0 cm³/mol. The number of piperazine rings is 1. The van der Waals surface area contributed by atoms with Gasteiger partial charge in [0.1, 0.15) is 0 Å². The summed E-state index contributed by atoms with van der Waals surface area (Å²) in [6.07, 6.45) is 0. The molecule has 0 atom stereocenters. The van der Waals surface area contributed by atoms with Crippen molar-refractivity contribution in [1.29, 1.82) is 0 Å². The molecule has 0 saturated carbocycles. The number of benzene rings is 1. The van der Waals surface area contributed by atoms with Crippen molar-refractivity contribution in [3.8, 4) is 0 Å². The normalized spacial score (nSPS) is 14.5. The van der Waals surface area contributed by atoms with E-state index in [1.54, 1.807) is 9.80 Å². The molecule has 0 radical (unpaired) electrons. The van der Waals surface area contributed by atoms with Crippen LogP contribution in [0.2, 0.25) is 5.02 Å². The summed E-state index contributed by atoms with van der Waals surface area (Å²) in [6, 6.07) is 4.42. The molecule has 1 saturated heterocycles. The van der Waals surface area contributed by atoms with E-state index in [0.29, 0.717) is 31.2 Å². The Morgan fingerprint density at radius 2 is 1.78 bits per heavy atom. The number of halogens is 1. The number of esters is 1. The first-order valence-corrected chi connectivity index (χ1v) is 7.51. The molecule has 1 aliphatic rings. The minimum atomic E-state index is -0.671. The Kier molecular flexibility index (Phi) is 5.44. The molecule has 1 aromatic rings. The highest BCUT2D eigenvalue weighted by Crippen LogP contribution is 2.18. The maximum Gasteiger partial charge on any atom is 0.340 e. The average molecular weight is 340 g/mol. The zero-order valence-electron chi connectivity index (χ0n) is 12.8. The molecule has 2 N–H and O–H groups in total. The van der Waals surface area contributed by atoms with E-state index in [1.165, 1.54) is 25.1 Å². The Morgan fingerprint density at radius 3 is 2.35 bits per heavy atom. The number of carbonyl (C=O) groups is 3. The van der Waals surface area contributed by atoms with Gasteiger partial charge >= 0.3 is 5.97 Å². The summed E-state index contributed by atoms with van der Waals surface area (Å²) in [4.78, 5) is 38.5. The van der Waals surface area contributed by atoms with Crippen LogP contribution in [0.1, 0.15) is 17.3 Å². The Balaban J connectivity index is 1.85. The van der Waals surface area contributed by atoms with Crippen molar-refractivity contribution in [2.75, 3.05) is 38.5 Å². The summed E-state index contributed by atoms with van der Waals surface area (Å²) in [7, 11) is 0. The highest BCUT2D eigenvalue weighted by molar-refractivity contribution is 6.31. The number of nitrogens with two attached hydrogens (primary N) is 1. The third-order valence-electron chi connectivity index (χ3n) is 3.64. The fraction of sp³-hybridized carbons (Fsp3) is 0.400. The molecule has 2 amide bonds. The number of nitrogens with zero attached hydrogens (tertiary/aromatic N) is 2. The van der Waals surface area contributed by atoms with E-state index in [1.807, 2.05) is 0 Å². The maximum absolute atomic E-state index is 12.0. The van der Waals surface area contributed by atoms with E-state index in [-0.39, 0.29) is 29.7 Å². The number of hydrogen-bond donors (Lipinski definition) is 1. The number of carbonyl (C=O) groups excluding carboxylic acids is 3. The summed E-state index contributed by atoms with van der Waals surface area (Å²) in [5, 5.41) is 0.415. The van der Waals surface area contributed by atoms with Crippen molar-refractivity contribution in [2.45, 2.75) is 6.92 Å². The van der Waals surface area contributed by atoms with Gasteiger partial charge in [0.15, 0.2) is 6.61 Å². The van der Waals surface area contributed by atoms with Crippen LogP contribution in [0.3, 0.4) is 0 Å². The molecule has 1 heterocycles. The lowest BCUT2D eigenvalue weighted by atomic mass is 10.2. The monoisotopic (exact) mass is 339 g/mol. The van der Waals surface area contributed by atoms with E-state index in [4.69, 9.17) is 22.1 Å². The van der Waals surface area contributed by atoms with Crippen molar-refractivity contribution < 1.29 is 19.1 Å². The standard InChI is InChI=1S/C15H18ClN3O4/c1-10(20)18-4-6-19(7-5-18)14(21)9-23-15(22)12-3-2-11(16)8-13(12)17/h2-3,8H,4-7,9,17H2,1H3. The lowest BCUT2D eigenvalue weighted by Gasteiger charge is -2.34. The van der Waals surface area contributed by atoms with Crippen molar-refractivity contribution >= 4 is 35.1 Å². The lowest BCUT2D eigenvalue weighted by molar-refractivity contribution is -0.140. The number of anilines is 1. The zero-order chi connectivity index (χ0) is 17.0. The predicted octanol–water partition coefficient (Wildman–Crippen LogP) is 0.770. The van der Waals surface area contributed by atoms with Gasteiger partial charge < -0.3 is 20.3 Å². The molecule has 8 heteroatoms. The smallest absolute Gasteiger partial charge is 0.340 e. The van der Waals surface area contributed by atoms with Crippen molar-refractivity contribution in [3.05, 3.63) is 28.8 Å². The molecule has 124 valence electrons. The van der Waals surface area contributed by atoms with Gasteiger partial charge in [-0.05, 0) is 18.2 Å². The first-order chi connectivity index (χ1) is 10.9. The van der Waals surface area contributed by atoms with E-state index < -0.39 is 5.97 Å². The van der Waals surface area contributed by atoms with Crippen LogP contribution in [0, 0.1) is 0 Å². The van der Waals surface area contributed by atoms with Gasteiger partial charge in [-0.2, -0.15) is 0 Å². The lowest BCUT2D eigenvalue weighted by Crippen LogP contribution is -2.51. The minimum Gasteiger partial charge on any atom is -0.452 e. The number of rotatable bonds is 3. The van der Waals surface area contributed by atoms with E-state index in [0.717, 1.165) is 0 Å². The molecule has 0 aromatic heterocycles. The van der Waals surface area contributed by atoms with Crippen LogP contribution >= 0.6 is 11.6 Å². The topological polar surface area (TPSA) is 92.9 Å². The molecule has 0 aliphatic carbocycles. The van der Waals surface area contributed by atoms with Crippen LogP contribution < -0.4 is 5.73 Å². The molecule has 1 aliphatic heterocycles. The summed E-state index contributed by atoms with van der Waals surface area (Å²) < 4.78 is 5.00. The van der Waals surface area contributed by atoms with Gasteiger partial charge in [0.2, 0.25) is 5.91 Å². The van der Waals surface area contributed by atoms with E-state index in [9.17, 15) is 14.4 Å². The van der Waals surface area contributed by atoms with Gasteiger partial charge in [0.05, 0.1) is 5.56 Å². The second-order valence-electron chi connectivity index (χ2n) is 5.19. The maximum atomic E-state index is 12.0. The molecular formula is C15H18ClN3O4. The summed E-state index contributed by atoms with van der Waals surface area (Å²) in [6.45, 7) is 2.97. The first kappa shape index (κ1) is 17.1. The second kappa shape index (κ2) is 7.32. The number of nitrogen functional groups attached to an aromatic ring is 1. The SMILES string of the molecule is CC(=O)N1CCN(C(=O)COC(=O)c2ccc(Cl)cc2N)CC1. The summed E-state index contributed by atoms with van der Waals surface area (Å²) >= 11 is 5.76. The van der Waals surface area contributed by atoms with Crippen LogP contribution in [0.5, 0.6) is 0 Å². The fourth-order valence-electron chi connectivity index (χ4n) is 2.29. The van der Waals surface area contributed by atoms with Gasteiger partial charge in [0, 0.05) is 43.8 Å². The molecule has 23 heavy (non-hydrogen) atoms. The van der Waals surface area contributed by atoms with Crippen molar-refractivity contribution in [1.82, 2.24) is 9.80 Å². The first-order valence-electron chi connectivity index (χ1n) is 7.14. The quantitative estimate of drug-likeness (QED) is 0.648. The van der Waals surface area contributed by atoms with Gasteiger partial charge in [-0.3, -0.25) is 9.59 Å². The van der Waals surface area contributed by atoms with Crippen LogP contribution in [0.25, 0.3) is 0 Å². The fourth-order valence-corrected chi connectivity index (χ4v) is 2.47. The van der Waals surface area contributed by atoms with E-state index in [2.05, 4.69) is 0 Å². The third-order valence-corrected chi connectivity index (χ3v) is 3.87. The Hall–Kier alpha value is -2.28. The van der Waals surface area contributed by atoms with Crippen LogP contribution in [-0.4, -0.2) is 60.4 Å². The number of amides is 2. The molecule has 2 rings (SSSR count). The van der Waals surface area contributed by atoms with Crippen LogP contribution in [-0.2, 0) is 14.3 Å². The molecule has 0 bridgehead atoms. The van der Waals surface area contributed by atoms with Gasteiger partial charge in [-0.1, -0.05) is 11.6 Å². The number of hydrogen-bond acceptors (Lipinski definition) is 5.